The molecule has 0 saturated heterocycles. The number of aromatic amines is 1. The zero-order valence-electron chi connectivity index (χ0n) is 11.7. The van der Waals surface area contributed by atoms with E-state index < -0.39 is 0 Å². The molecule has 1 aromatic carbocycles. The van der Waals surface area contributed by atoms with Crippen molar-refractivity contribution in [3.05, 3.63) is 47.3 Å². The number of benzene rings is 1. The molecule has 0 spiro atoms. The second-order valence-electron chi connectivity index (χ2n) is 4.71. The topological polar surface area (TPSA) is 74.0 Å². The van der Waals surface area contributed by atoms with Crippen LogP contribution in [0.5, 0.6) is 0 Å². The number of hydrogen-bond acceptors (Lipinski definition) is 2. The van der Waals surface area contributed by atoms with Gasteiger partial charge in [0.25, 0.3) is 5.91 Å². The number of rotatable bonds is 3. The molecule has 0 unspecified atom stereocenters. The molecular weight excluding hydrogens is 254 g/mol. The first-order chi connectivity index (χ1) is 9.45. The summed E-state index contributed by atoms with van der Waals surface area (Å²) in [5, 5.41) is 5.49. The maximum atomic E-state index is 12.2. The molecule has 0 aliphatic heterocycles. The number of amides is 2. The van der Waals surface area contributed by atoms with Gasteiger partial charge in [-0.25, -0.2) is 0 Å². The molecular formula is C15H17N3O2. The van der Waals surface area contributed by atoms with Crippen molar-refractivity contribution in [2.75, 3.05) is 10.6 Å². The van der Waals surface area contributed by atoms with Crippen molar-refractivity contribution in [3.8, 4) is 0 Å². The summed E-state index contributed by atoms with van der Waals surface area (Å²) in [5.74, 6) is -0.322. The normalized spacial score (nSPS) is 10.2. The first kappa shape index (κ1) is 13.9. The molecule has 1 heterocycles. The van der Waals surface area contributed by atoms with E-state index in [0.29, 0.717) is 16.9 Å². The summed E-state index contributed by atoms with van der Waals surface area (Å²) >= 11 is 0. The Morgan fingerprint density at radius 1 is 1.05 bits per heavy atom. The molecule has 0 fully saturated rings. The lowest BCUT2D eigenvalue weighted by atomic mass is 10.2. The SMILES string of the molecule is CC(=O)Nc1cccc(NC(=O)c2cc(C)[nH]c2C)c1. The Morgan fingerprint density at radius 3 is 2.25 bits per heavy atom. The molecule has 0 saturated carbocycles. The monoisotopic (exact) mass is 271 g/mol. The molecule has 0 atom stereocenters. The van der Waals surface area contributed by atoms with E-state index in [0.717, 1.165) is 11.4 Å². The first-order valence-corrected chi connectivity index (χ1v) is 6.31. The summed E-state index contributed by atoms with van der Waals surface area (Å²) in [6.45, 7) is 5.20. The Hall–Kier alpha value is -2.56. The molecule has 20 heavy (non-hydrogen) atoms. The lowest BCUT2D eigenvalue weighted by molar-refractivity contribution is -0.114. The molecule has 0 radical (unpaired) electrons. The van der Waals surface area contributed by atoms with E-state index in [4.69, 9.17) is 0 Å². The quantitative estimate of drug-likeness (QED) is 0.803. The highest BCUT2D eigenvalue weighted by molar-refractivity contribution is 6.05. The molecule has 5 heteroatoms. The summed E-state index contributed by atoms with van der Waals surface area (Å²) in [6.07, 6.45) is 0. The Kier molecular flexibility index (Phi) is 3.89. The lowest BCUT2D eigenvalue weighted by Gasteiger charge is -2.07. The Labute approximate surface area is 117 Å². The fourth-order valence-corrected chi connectivity index (χ4v) is 2.04. The third kappa shape index (κ3) is 3.26. The van der Waals surface area contributed by atoms with E-state index in [-0.39, 0.29) is 11.8 Å². The summed E-state index contributed by atoms with van der Waals surface area (Å²) in [7, 11) is 0. The minimum Gasteiger partial charge on any atom is -0.362 e. The van der Waals surface area contributed by atoms with Crippen LogP contribution in [0.3, 0.4) is 0 Å². The summed E-state index contributed by atoms with van der Waals surface area (Å²) in [6, 6.07) is 8.84. The van der Waals surface area contributed by atoms with E-state index >= 15 is 0 Å². The van der Waals surface area contributed by atoms with Crippen LogP contribution in [0.4, 0.5) is 11.4 Å². The Bertz CT molecular complexity index is 659. The fourth-order valence-electron chi connectivity index (χ4n) is 2.04. The standard InChI is InChI=1S/C15H17N3O2/c1-9-7-14(10(2)16-9)15(20)18-13-6-4-5-12(8-13)17-11(3)19/h4-8,16H,1-3H3,(H,17,19)(H,18,20). The van der Waals surface area contributed by atoms with E-state index in [1.165, 1.54) is 6.92 Å². The van der Waals surface area contributed by atoms with Gasteiger partial charge in [-0.1, -0.05) is 6.07 Å². The zero-order valence-corrected chi connectivity index (χ0v) is 11.7. The number of nitrogens with one attached hydrogen (secondary N) is 3. The average Bonchev–Trinajstić information content (AvgIpc) is 2.68. The predicted molar refractivity (Wildman–Crippen MR) is 79.0 cm³/mol. The van der Waals surface area contributed by atoms with Crippen LogP contribution in [0, 0.1) is 13.8 Å². The van der Waals surface area contributed by atoms with E-state index in [2.05, 4.69) is 15.6 Å². The number of hydrogen-bond donors (Lipinski definition) is 3. The Balaban J connectivity index is 2.15. The van der Waals surface area contributed by atoms with Gasteiger partial charge in [-0.2, -0.15) is 0 Å². The van der Waals surface area contributed by atoms with Gasteiger partial charge in [0, 0.05) is 29.7 Å². The second kappa shape index (κ2) is 5.61. The van der Waals surface area contributed by atoms with Crippen LogP contribution in [0.1, 0.15) is 28.7 Å². The third-order valence-electron chi connectivity index (χ3n) is 2.83. The average molecular weight is 271 g/mol. The molecule has 3 N–H and O–H groups in total. The Morgan fingerprint density at radius 2 is 1.70 bits per heavy atom. The van der Waals surface area contributed by atoms with E-state index in [1.54, 1.807) is 24.3 Å². The van der Waals surface area contributed by atoms with Gasteiger partial charge in [-0.3, -0.25) is 9.59 Å². The molecule has 2 amide bonds. The van der Waals surface area contributed by atoms with Crippen LogP contribution < -0.4 is 10.6 Å². The number of aromatic nitrogens is 1. The van der Waals surface area contributed by atoms with Gasteiger partial charge >= 0.3 is 0 Å². The molecule has 0 aliphatic carbocycles. The summed E-state index contributed by atoms with van der Waals surface area (Å²) in [4.78, 5) is 26.3. The zero-order chi connectivity index (χ0) is 14.7. The minimum absolute atomic E-state index is 0.148. The molecule has 2 rings (SSSR count). The highest BCUT2D eigenvalue weighted by Gasteiger charge is 2.11. The number of anilines is 2. The summed E-state index contributed by atoms with van der Waals surface area (Å²) < 4.78 is 0. The van der Waals surface area contributed by atoms with Crippen molar-refractivity contribution in [2.45, 2.75) is 20.8 Å². The van der Waals surface area contributed by atoms with Crippen molar-refractivity contribution in [1.29, 1.82) is 0 Å². The minimum atomic E-state index is -0.174. The molecule has 2 aromatic rings. The van der Waals surface area contributed by atoms with Crippen molar-refractivity contribution in [1.82, 2.24) is 4.98 Å². The van der Waals surface area contributed by atoms with Crippen LogP contribution in [0.15, 0.2) is 30.3 Å². The predicted octanol–water partition coefficient (Wildman–Crippen LogP) is 2.84. The number of H-pyrrole nitrogens is 1. The molecule has 1 aromatic heterocycles. The highest BCUT2D eigenvalue weighted by atomic mass is 16.2. The van der Waals surface area contributed by atoms with Gasteiger partial charge in [0.2, 0.25) is 5.91 Å². The van der Waals surface area contributed by atoms with Crippen LogP contribution in [0.2, 0.25) is 0 Å². The second-order valence-corrected chi connectivity index (χ2v) is 4.71. The van der Waals surface area contributed by atoms with Crippen molar-refractivity contribution < 1.29 is 9.59 Å². The van der Waals surface area contributed by atoms with Gasteiger partial charge in [0.05, 0.1) is 5.56 Å². The smallest absolute Gasteiger partial charge is 0.257 e. The molecule has 5 nitrogen and oxygen atoms in total. The van der Waals surface area contributed by atoms with Gasteiger partial charge in [-0.15, -0.1) is 0 Å². The molecule has 0 bridgehead atoms. The third-order valence-corrected chi connectivity index (χ3v) is 2.83. The van der Waals surface area contributed by atoms with E-state index in [9.17, 15) is 9.59 Å². The van der Waals surface area contributed by atoms with Crippen LogP contribution >= 0.6 is 0 Å². The molecule has 104 valence electrons. The van der Waals surface area contributed by atoms with Crippen molar-refractivity contribution in [2.24, 2.45) is 0 Å². The van der Waals surface area contributed by atoms with Crippen molar-refractivity contribution >= 4 is 23.2 Å². The lowest BCUT2D eigenvalue weighted by Crippen LogP contribution is -2.13. The van der Waals surface area contributed by atoms with Crippen LogP contribution in [0.25, 0.3) is 0 Å². The largest absolute Gasteiger partial charge is 0.362 e. The molecule has 0 aliphatic rings. The van der Waals surface area contributed by atoms with Gasteiger partial charge in [0.15, 0.2) is 0 Å². The maximum absolute atomic E-state index is 12.2. The number of carbonyl (C=O) groups is 2. The van der Waals surface area contributed by atoms with E-state index in [1.807, 2.05) is 19.9 Å². The number of aryl methyl sites for hydroxylation is 2. The first-order valence-electron chi connectivity index (χ1n) is 6.31. The number of carbonyl (C=O) groups excluding carboxylic acids is 2. The van der Waals surface area contributed by atoms with Gasteiger partial charge in [0.1, 0.15) is 0 Å². The summed E-state index contributed by atoms with van der Waals surface area (Å²) in [5.41, 5.74) is 3.68. The fraction of sp³-hybridized carbons (Fsp3) is 0.200. The van der Waals surface area contributed by atoms with Crippen molar-refractivity contribution in [3.63, 3.8) is 0 Å². The van der Waals surface area contributed by atoms with Crippen LogP contribution in [-0.4, -0.2) is 16.8 Å². The van der Waals surface area contributed by atoms with Crippen LogP contribution in [-0.2, 0) is 4.79 Å². The maximum Gasteiger partial charge on any atom is 0.257 e. The highest BCUT2D eigenvalue weighted by Crippen LogP contribution is 2.17. The van der Waals surface area contributed by atoms with Gasteiger partial charge < -0.3 is 15.6 Å². The van der Waals surface area contributed by atoms with Gasteiger partial charge in [-0.05, 0) is 38.1 Å².